The Hall–Kier alpha value is -1.56. The molecule has 0 bridgehead atoms. The number of carboxylic acid groups (broad SMARTS) is 1. The maximum absolute atomic E-state index is 11.1. The van der Waals surface area contributed by atoms with Crippen LogP contribution < -0.4 is 4.90 Å². The van der Waals surface area contributed by atoms with Gasteiger partial charge in [0, 0.05) is 22.3 Å². The highest BCUT2D eigenvalue weighted by Gasteiger charge is 2.18. The second-order valence-electron chi connectivity index (χ2n) is 5.30. The number of fused-ring (bicyclic) bond motifs is 1. The molecule has 0 saturated carbocycles. The lowest BCUT2D eigenvalue weighted by molar-refractivity contribution is 0.0697. The maximum Gasteiger partial charge on any atom is 0.335 e. The predicted octanol–water partition coefficient (Wildman–Crippen LogP) is 3.94. The zero-order chi connectivity index (χ0) is 14.8. The van der Waals surface area contributed by atoms with E-state index in [-0.39, 0.29) is 0 Å². The van der Waals surface area contributed by atoms with Crippen molar-refractivity contribution in [2.45, 2.75) is 19.4 Å². The number of carbonyl (C=O) groups is 1. The average Bonchev–Trinajstić information content (AvgIpc) is 2.49. The first-order valence-electron chi connectivity index (χ1n) is 6.99. The van der Waals surface area contributed by atoms with Crippen molar-refractivity contribution < 1.29 is 9.90 Å². The van der Waals surface area contributed by atoms with Crippen molar-refractivity contribution >= 4 is 34.2 Å². The van der Waals surface area contributed by atoms with Crippen LogP contribution >= 0.6 is 22.6 Å². The molecule has 0 aliphatic carbocycles. The summed E-state index contributed by atoms with van der Waals surface area (Å²) in [5.41, 5.74) is 3.98. The summed E-state index contributed by atoms with van der Waals surface area (Å²) < 4.78 is 1.24. The van der Waals surface area contributed by atoms with Gasteiger partial charge in [0.05, 0.1) is 5.56 Å². The Morgan fingerprint density at radius 2 is 1.95 bits per heavy atom. The number of anilines is 1. The average molecular weight is 393 g/mol. The summed E-state index contributed by atoms with van der Waals surface area (Å²) in [4.78, 5) is 13.4. The van der Waals surface area contributed by atoms with Crippen LogP contribution in [-0.2, 0) is 13.0 Å². The lowest BCUT2D eigenvalue weighted by atomic mass is 9.98. The van der Waals surface area contributed by atoms with Crippen LogP contribution in [0.1, 0.15) is 27.9 Å². The molecule has 1 aliphatic rings. The van der Waals surface area contributed by atoms with Gasteiger partial charge in [-0.25, -0.2) is 4.79 Å². The van der Waals surface area contributed by atoms with E-state index in [1.54, 1.807) is 6.07 Å². The molecule has 0 spiro atoms. The molecule has 2 aromatic carbocycles. The zero-order valence-electron chi connectivity index (χ0n) is 11.6. The quantitative estimate of drug-likeness (QED) is 0.804. The van der Waals surface area contributed by atoms with Gasteiger partial charge < -0.3 is 10.0 Å². The van der Waals surface area contributed by atoms with Crippen LogP contribution in [0, 0.1) is 3.57 Å². The Morgan fingerprint density at radius 1 is 1.19 bits per heavy atom. The lowest BCUT2D eigenvalue weighted by Gasteiger charge is -2.31. The molecule has 1 aliphatic heterocycles. The second kappa shape index (κ2) is 6.05. The van der Waals surface area contributed by atoms with Gasteiger partial charge in [-0.05, 0) is 76.9 Å². The third-order valence-electron chi connectivity index (χ3n) is 3.83. The molecule has 0 saturated heterocycles. The van der Waals surface area contributed by atoms with Crippen LogP contribution in [0.3, 0.4) is 0 Å². The van der Waals surface area contributed by atoms with Gasteiger partial charge in [-0.3, -0.25) is 0 Å². The molecule has 3 nitrogen and oxygen atoms in total. The molecule has 0 aromatic heterocycles. The summed E-state index contributed by atoms with van der Waals surface area (Å²) in [6.07, 6.45) is 2.03. The summed E-state index contributed by atoms with van der Waals surface area (Å²) in [6, 6.07) is 14.0. The number of hydrogen-bond acceptors (Lipinski definition) is 2. The minimum Gasteiger partial charge on any atom is -0.478 e. The molecule has 21 heavy (non-hydrogen) atoms. The van der Waals surface area contributed by atoms with E-state index >= 15 is 0 Å². The summed E-state index contributed by atoms with van der Waals surface area (Å²) in [5.74, 6) is -0.854. The topological polar surface area (TPSA) is 40.5 Å². The maximum atomic E-state index is 11.1. The standard InChI is InChI=1S/C17H16INO2/c18-15-6-3-12(4-7-15)11-19-9-1-2-13-10-14(17(20)21)5-8-16(13)19/h3-8,10H,1-2,9,11H2,(H,20,21). The number of aromatic carboxylic acids is 1. The molecule has 0 fully saturated rings. The minimum atomic E-state index is -0.854. The second-order valence-corrected chi connectivity index (χ2v) is 6.55. The smallest absolute Gasteiger partial charge is 0.335 e. The van der Waals surface area contributed by atoms with Crippen LogP contribution in [-0.4, -0.2) is 17.6 Å². The van der Waals surface area contributed by atoms with Crippen molar-refractivity contribution in [3.05, 3.63) is 62.7 Å². The predicted molar refractivity (Wildman–Crippen MR) is 91.9 cm³/mol. The lowest BCUT2D eigenvalue weighted by Crippen LogP contribution is -2.29. The normalized spacial score (nSPS) is 13.9. The number of carboxylic acids is 1. The molecule has 1 heterocycles. The molecule has 0 amide bonds. The first-order valence-corrected chi connectivity index (χ1v) is 8.07. The van der Waals surface area contributed by atoms with Gasteiger partial charge in [-0.2, -0.15) is 0 Å². The number of benzene rings is 2. The van der Waals surface area contributed by atoms with Crippen LogP contribution in [0.5, 0.6) is 0 Å². The van der Waals surface area contributed by atoms with Gasteiger partial charge in [0.2, 0.25) is 0 Å². The minimum absolute atomic E-state index is 0.380. The summed E-state index contributed by atoms with van der Waals surface area (Å²) in [7, 11) is 0. The van der Waals surface area contributed by atoms with Crippen LogP contribution in [0.4, 0.5) is 5.69 Å². The molecule has 0 atom stereocenters. The number of halogens is 1. The van der Waals surface area contributed by atoms with E-state index < -0.39 is 5.97 Å². The van der Waals surface area contributed by atoms with E-state index in [0.29, 0.717) is 5.56 Å². The largest absolute Gasteiger partial charge is 0.478 e. The summed E-state index contributed by atoms with van der Waals surface area (Å²) in [5, 5.41) is 9.10. The fraction of sp³-hybridized carbons (Fsp3) is 0.235. The first-order chi connectivity index (χ1) is 10.1. The number of rotatable bonds is 3. The van der Waals surface area contributed by atoms with Crippen LogP contribution in [0.25, 0.3) is 0 Å². The van der Waals surface area contributed by atoms with Gasteiger partial charge in [-0.1, -0.05) is 12.1 Å². The molecule has 2 aromatic rings. The highest BCUT2D eigenvalue weighted by Crippen LogP contribution is 2.29. The summed E-state index contributed by atoms with van der Waals surface area (Å²) in [6.45, 7) is 1.89. The third-order valence-corrected chi connectivity index (χ3v) is 4.55. The van der Waals surface area contributed by atoms with Crippen molar-refractivity contribution in [3.8, 4) is 0 Å². The molecule has 108 valence electrons. The van der Waals surface area contributed by atoms with E-state index in [9.17, 15) is 4.79 Å². The van der Waals surface area contributed by atoms with Gasteiger partial charge in [-0.15, -0.1) is 0 Å². The first kappa shape index (κ1) is 14.4. The molecule has 4 heteroatoms. The van der Waals surface area contributed by atoms with Crippen molar-refractivity contribution in [2.24, 2.45) is 0 Å². The van der Waals surface area contributed by atoms with E-state index in [0.717, 1.165) is 31.5 Å². The number of aryl methyl sites for hydroxylation is 1. The Bertz CT molecular complexity index is 667. The molecule has 0 radical (unpaired) electrons. The van der Waals surface area contributed by atoms with Gasteiger partial charge in [0.1, 0.15) is 0 Å². The van der Waals surface area contributed by atoms with Crippen molar-refractivity contribution in [2.75, 3.05) is 11.4 Å². The molecule has 3 rings (SSSR count). The van der Waals surface area contributed by atoms with Crippen LogP contribution in [0.2, 0.25) is 0 Å². The summed E-state index contributed by atoms with van der Waals surface area (Å²) >= 11 is 2.31. The van der Waals surface area contributed by atoms with Crippen molar-refractivity contribution in [1.29, 1.82) is 0 Å². The Morgan fingerprint density at radius 3 is 2.67 bits per heavy atom. The van der Waals surface area contributed by atoms with Crippen molar-refractivity contribution in [3.63, 3.8) is 0 Å². The Kier molecular flexibility index (Phi) is 4.14. The molecular weight excluding hydrogens is 377 g/mol. The van der Waals surface area contributed by atoms with Gasteiger partial charge in [0.25, 0.3) is 0 Å². The van der Waals surface area contributed by atoms with E-state index in [2.05, 4.69) is 51.8 Å². The SMILES string of the molecule is O=C(O)c1ccc2c(c1)CCCN2Cc1ccc(I)cc1. The van der Waals surface area contributed by atoms with Gasteiger partial charge >= 0.3 is 5.97 Å². The van der Waals surface area contributed by atoms with Crippen molar-refractivity contribution in [1.82, 2.24) is 0 Å². The monoisotopic (exact) mass is 393 g/mol. The van der Waals surface area contributed by atoms with E-state index in [4.69, 9.17) is 5.11 Å². The Labute approximate surface area is 137 Å². The highest BCUT2D eigenvalue weighted by atomic mass is 127. The fourth-order valence-electron chi connectivity index (χ4n) is 2.78. The van der Waals surface area contributed by atoms with Crippen LogP contribution in [0.15, 0.2) is 42.5 Å². The Balaban J connectivity index is 1.86. The van der Waals surface area contributed by atoms with E-state index in [1.165, 1.54) is 14.8 Å². The number of nitrogens with zero attached hydrogens (tertiary/aromatic N) is 1. The zero-order valence-corrected chi connectivity index (χ0v) is 13.7. The number of hydrogen-bond donors (Lipinski definition) is 1. The molecule has 0 unspecified atom stereocenters. The third kappa shape index (κ3) is 3.20. The molecular formula is C17H16INO2. The highest BCUT2D eigenvalue weighted by molar-refractivity contribution is 14.1. The fourth-order valence-corrected chi connectivity index (χ4v) is 3.14. The van der Waals surface area contributed by atoms with Gasteiger partial charge in [0.15, 0.2) is 0 Å². The van der Waals surface area contributed by atoms with E-state index in [1.807, 2.05) is 12.1 Å². The molecule has 1 N–H and O–H groups in total.